The minimum atomic E-state index is -3.15. The molecule has 2 aliphatic rings. The molecule has 1 amide bonds. The van der Waals surface area contributed by atoms with E-state index in [4.69, 9.17) is 0 Å². The van der Waals surface area contributed by atoms with Crippen molar-refractivity contribution >= 4 is 15.9 Å². The van der Waals surface area contributed by atoms with Crippen LogP contribution in [0.1, 0.15) is 26.7 Å². The van der Waals surface area contributed by atoms with E-state index in [9.17, 15) is 13.2 Å². The van der Waals surface area contributed by atoms with Gasteiger partial charge in [0.05, 0.1) is 6.26 Å². The van der Waals surface area contributed by atoms with E-state index < -0.39 is 10.0 Å². The molecule has 0 spiro atoms. The van der Waals surface area contributed by atoms with E-state index in [1.165, 1.54) is 10.6 Å². The van der Waals surface area contributed by atoms with Crippen LogP contribution in [0.2, 0.25) is 0 Å². The fourth-order valence-electron chi connectivity index (χ4n) is 3.56. The summed E-state index contributed by atoms with van der Waals surface area (Å²) in [6.07, 6.45) is 3.46. The summed E-state index contributed by atoms with van der Waals surface area (Å²) in [6.45, 7) is 7.96. The van der Waals surface area contributed by atoms with E-state index in [0.29, 0.717) is 32.1 Å². The lowest BCUT2D eigenvalue weighted by Gasteiger charge is -2.43. The first-order chi connectivity index (χ1) is 10.1. The molecule has 0 aliphatic carbocycles. The average Bonchev–Trinajstić information content (AvgIpc) is 2.45. The van der Waals surface area contributed by atoms with Gasteiger partial charge < -0.3 is 9.80 Å². The summed E-state index contributed by atoms with van der Waals surface area (Å²) < 4.78 is 24.6. The highest BCUT2D eigenvalue weighted by atomic mass is 32.2. The largest absolute Gasteiger partial charge is 0.340 e. The normalized spacial score (nSPS) is 26.2. The molecule has 7 heteroatoms. The van der Waals surface area contributed by atoms with Gasteiger partial charge in [0.15, 0.2) is 0 Å². The van der Waals surface area contributed by atoms with E-state index in [-0.39, 0.29) is 11.3 Å². The lowest BCUT2D eigenvalue weighted by molar-refractivity contribution is -0.145. The van der Waals surface area contributed by atoms with Crippen LogP contribution in [-0.4, -0.2) is 81.0 Å². The number of carbonyl (C=O) groups is 1. The molecule has 1 atom stereocenters. The number of nitrogens with zero attached hydrogens (tertiary/aromatic N) is 3. The number of rotatable bonds is 3. The summed E-state index contributed by atoms with van der Waals surface area (Å²) in [6, 6.07) is 0. The number of piperidine rings is 1. The second kappa shape index (κ2) is 6.45. The standard InChI is InChI=1S/C15H29N3O3S/c1-15(2,13-6-5-7-16(3)12-13)14(19)17-8-10-18(11-9-17)22(4,20)21/h13H,5-12H2,1-4H3. The van der Waals surface area contributed by atoms with Gasteiger partial charge in [-0.15, -0.1) is 0 Å². The molecular formula is C15H29N3O3S. The zero-order valence-corrected chi connectivity index (χ0v) is 15.0. The van der Waals surface area contributed by atoms with Gasteiger partial charge in [-0.2, -0.15) is 4.31 Å². The summed E-state index contributed by atoms with van der Waals surface area (Å²) in [5.74, 6) is 0.535. The molecule has 0 bridgehead atoms. The van der Waals surface area contributed by atoms with Gasteiger partial charge in [0.25, 0.3) is 0 Å². The summed E-state index contributed by atoms with van der Waals surface area (Å²) in [5, 5.41) is 0. The molecule has 1 unspecified atom stereocenters. The summed E-state index contributed by atoms with van der Waals surface area (Å²) in [4.78, 5) is 17.1. The highest BCUT2D eigenvalue weighted by molar-refractivity contribution is 7.88. The first-order valence-corrected chi connectivity index (χ1v) is 9.90. The Kier molecular flexibility index (Phi) is 5.19. The number of sulfonamides is 1. The molecule has 0 N–H and O–H groups in total. The molecule has 2 aliphatic heterocycles. The van der Waals surface area contributed by atoms with E-state index in [1.807, 2.05) is 18.7 Å². The van der Waals surface area contributed by atoms with Gasteiger partial charge >= 0.3 is 0 Å². The van der Waals surface area contributed by atoms with Crippen molar-refractivity contribution in [3.8, 4) is 0 Å². The third kappa shape index (κ3) is 3.81. The van der Waals surface area contributed by atoms with Crippen LogP contribution in [-0.2, 0) is 14.8 Å². The van der Waals surface area contributed by atoms with Crippen molar-refractivity contribution in [3.05, 3.63) is 0 Å². The van der Waals surface area contributed by atoms with Gasteiger partial charge in [0.2, 0.25) is 15.9 Å². The predicted octanol–water partition coefficient (Wildman–Crippen LogP) is 0.458. The molecule has 0 aromatic rings. The van der Waals surface area contributed by atoms with Crippen LogP contribution in [0.5, 0.6) is 0 Å². The molecular weight excluding hydrogens is 302 g/mol. The zero-order chi connectivity index (χ0) is 16.5. The van der Waals surface area contributed by atoms with Gasteiger partial charge in [-0.3, -0.25) is 4.79 Å². The molecule has 22 heavy (non-hydrogen) atoms. The molecule has 2 fully saturated rings. The van der Waals surface area contributed by atoms with Crippen LogP contribution in [0.4, 0.5) is 0 Å². The number of carbonyl (C=O) groups excluding carboxylic acids is 1. The lowest BCUT2D eigenvalue weighted by atomic mass is 9.73. The van der Waals surface area contributed by atoms with Crippen LogP contribution in [0.15, 0.2) is 0 Å². The molecule has 0 saturated carbocycles. The van der Waals surface area contributed by atoms with Gasteiger partial charge in [-0.05, 0) is 32.4 Å². The van der Waals surface area contributed by atoms with Crippen molar-refractivity contribution in [1.82, 2.24) is 14.1 Å². The third-order valence-electron chi connectivity index (χ3n) is 5.19. The number of likely N-dealkylation sites (tertiary alicyclic amines) is 1. The average molecular weight is 331 g/mol. The first kappa shape index (κ1) is 17.7. The Morgan fingerprint density at radius 3 is 2.18 bits per heavy atom. The number of amides is 1. The maximum absolute atomic E-state index is 12.9. The van der Waals surface area contributed by atoms with Gasteiger partial charge in [0.1, 0.15) is 0 Å². The minimum Gasteiger partial charge on any atom is -0.340 e. The molecule has 0 radical (unpaired) electrons. The third-order valence-corrected chi connectivity index (χ3v) is 6.49. The Balaban J connectivity index is 1.99. The molecule has 2 saturated heterocycles. The topological polar surface area (TPSA) is 60.9 Å². The Morgan fingerprint density at radius 2 is 1.68 bits per heavy atom. The van der Waals surface area contributed by atoms with Crippen LogP contribution >= 0.6 is 0 Å². The Morgan fingerprint density at radius 1 is 1.09 bits per heavy atom. The summed E-state index contributed by atoms with van der Waals surface area (Å²) >= 11 is 0. The van der Waals surface area contributed by atoms with Crippen LogP contribution in [0.3, 0.4) is 0 Å². The van der Waals surface area contributed by atoms with Crippen molar-refractivity contribution < 1.29 is 13.2 Å². The predicted molar refractivity (Wildman–Crippen MR) is 87.0 cm³/mol. The number of hydrogen-bond acceptors (Lipinski definition) is 4. The number of piperazine rings is 1. The van der Waals surface area contributed by atoms with Crippen molar-refractivity contribution in [2.24, 2.45) is 11.3 Å². The Labute approximate surface area is 134 Å². The molecule has 2 rings (SSSR count). The monoisotopic (exact) mass is 331 g/mol. The minimum absolute atomic E-state index is 0.168. The zero-order valence-electron chi connectivity index (χ0n) is 14.2. The number of hydrogen-bond donors (Lipinski definition) is 0. The summed E-state index contributed by atoms with van der Waals surface area (Å²) in [5.41, 5.74) is -0.387. The highest BCUT2D eigenvalue weighted by Crippen LogP contribution is 2.35. The Bertz CT molecular complexity index is 510. The van der Waals surface area contributed by atoms with Crippen molar-refractivity contribution in [1.29, 1.82) is 0 Å². The quantitative estimate of drug-likeness (QED) is 0.754. The molecule has 2 heterocycles. The van der Waals surface area contributed by atoms with E-state index in [2.05, 4.69) is 11.9 Å². The maximum atomic E-state index is 12.9. The van der Waals surface area contributed by atoms with Crippen molar-refractivity contribution in [3.63, 3.8) is 0 Å². The van der Waals surface area contributed by atoms with Crippen molar-refractivity contribution in [2.45, 2.75) is 26.7 Å². The summed E-state index contributed by atoms with van der Waals surface area (Å²) in [7, 11) is -1.04. The molecule has 0 aromatic heterocycles. The van der Waals surface area contributed by atoms with E-state index in [1.54, 1.807) is 0 Å². The van der Waals surface area contributed by atoms with Gasteiger partial charge in [0, 0.05) is 38.1 Å². The van der Waals surface area contributed by atoms with Crippen LogP contribution in [0.25, 0.3) is 0 Å². The van der Waals surface area contributed by atoms with E-state index >= 15 is 0 Å². The molecule has 0 aromatic carbocycles. The van der Waals surface area contributed by atoms with Crippen LogP contribution in [0, 0.1) is 11.3 Å². The van der Waals surface area contributed by atoms with Gasteiger partial charge in [-0.1, -0.05) is 13.8 Å². The fraction of sp³-hybridized carbons (Fsp3) is 0.933. The Hall–Kier alpha value is -0.660. The fourth-order valence-corrected chi connectivity index (χ4v) is 4.39. The maximum Gasteiger partial charge on any atom is 0.228 e. The SMILES string of the molecule is CN1CCCC(C(C)(C)C(=O)N2CCN(S(C)(=O)=O)CC2)C1. The van der Waals surface area contributed by atoms with E-state index in [0.717, 1.165) is 25.9 Å². The van der Waals surface area contributed by atoms with Gasteiger partial charge in [-0.25, -0.2) is 8.42 Å². The molecule has 6 nitrogen and oxygen atoms in total. The van der Waals surface area contributed by atoms with Crippen molar-refractivity contribution in [2.75, 3.05) is 52.6 Å². The van der Waals surface area contributed by atoms with Crippen LogP contribution < -0.4 is 0 Å². The lowest BCUT2D eigenvalue weighted by Crippen LogP contribution is -2.55. The first-order valence-electron chi connectivity index (χ1n) is 8.05. The second-order valence-corrected chi connectivity index (χ2v) is 9.26. The molecule has 128 valence electrons. The smallest absolute Gasteiger partial charge is 0.228 e. The second-order valence-electron chi connectivity index (χ2n) is 7.28. The highest BCUT2D eigenvalue weighted by Gasteiger charge is 2.41.